The lowest BCUT2D eigenvalue weighted by molar-refractivity contribution is 0.0526. The zero-order valence-electron chi connectivity index (χ0n) is 19.8. The summed E-state index contributed by atoms with van der Waals surface area (Å²) in [4.78, 5) is 27.5. The molecule has 33 heavy (non-hydrogen) atoms. The van der Waals surface area contributed by atoms with Gasteiger partial charge < -0.3 is 14.2 Å². The van der Waals surface area contributed by atoms with Crippen LogP contribution in [0.15, 0.2) is 36.4 Å². The number of hydrogen-bond acceptors (Lipinski definition) is 6. The average molecular weight is 452 g/mol. The molecule has 1 fully saturated rings. The van der Waals surface area contributed by atoms with Crippen LogP contribution in [-0.4, -0.2) is 50.6 Å². The fourth-order valence-corrected chi connectivity index (χ4v) is 5.14. The Bertz CT molecular complexity index is 1010. The Morgan fingerprint density at radius 1 is 1.06 bits per heavy atom. The van der Waals surface area contributed by atoms with Crippen molar-refractivity contribution in [1.29, 1.82) is 0 Å². The minimum atomic E-state index is -0.268. The highest BCUT2D eigenvalue weighted by Gasteiger charge is 2.34. The smallest absolute Gasteiger partial charge is 0.338 e. The van der Waals surface area contributed by atoms with Crippen LogP contribution in [0.25, 0.3) is 0 Å². The second-order valence-electron chi connectivity index (χ2n) is 9.01. The number of benzene rings is 2. The van der Waals surface area contributed by atoms with Crippen LogP contribution < -0.4 is 9.47 Å². The quantitative estimate of drug-likeness (QED) is 0.549. The molecule has 0 N–H and O–H groups in total. The number of piperidine rings is 1. The minimum Gasteiger partial charge on any atom is -0.493 e. The number of likely N-dealkylation sites (tertiary alicyclic amines) is 1. The van der Waals surface area contributed by atoms with Gasteiger partial charge in [-0.25, -0.2) is 4.79 Å². The molecule has 1 atom stereocenters. The van der Waals surface area contributed by atoms with Crippen molar-refractivity contribution in [2.75, 3.05) is 33.9 Å². The Balaban J connectivity index is 1.31. The van der Waals surface area contributed by atoms with Gasteiger partial charge in [0, 0.05) is 18.0 Å². The predicted octanol–water partition coefficient (Wildman–Crippen LogP) is 4.54. The number of rotatable bonds is 8. The van der Waals surface area contributed by atoms with Crippen molar-refractivity contribution in [3.05, 3.63) is 58.7 Å². The van der Waals surface area contributed by atoms with Crippen LogP contribution in [-0.2, 0) is 17.7 Å². The van der Waals surface area contributed by atoms with Crippen molar-refractivity contribution in [2.24, 2.45) is 11.8 Å². The van der Waals surface area contributed by atoms with Gasteiger partial charge >= 0.3 is 5.97 Å². The molecule has 6 nitrogen and oxygen atoms in total. The number of nitrogens with zero attached hydrogens (tertiary/aromatic N) is 1. The van der Waals surface area contributed by atoms with E-state index < -0.39 is 0 Å². The van der Waals surface area contributed by atoms with Crippen LogP contribution in [0.2, 0.25) is 0 Å². The molecule has 6 heteroatoms. The van der Waals surface area contributed by atoms with E-state index >= 15 is 0 Å². The lowest BCUT2D eigenvalue weighted by atomic mass is 9.85. The first-order chi connectivity index (χ1) is 16.0. The Labute approximate surface area is 195 Å². The Morgan fingerprint density at radius 2 is 1.79 bits per heavy atom. The van der Waals surface area contributed by atoms with E-state index in [1.807, 2.05) is 31.2 Å². The lowest BCUT2D eigenvalue weighted by Gasteiger charge is -2.33. The molecule has 1 aliphatic carbocycles. The summed E-state index contributed by atoms with van der Waals surface area (Å²) in [6, 6.07) is 11.5. The highest BCUT2D eigenvalue weighted by molar-refractivity contribution is 6.02. The summed E-state index contributed by atoms with van der Waals surface area (Å²) in [5.41, 5.74) is 3.60. The largest absolute Gasteiger partial charge is 0.493 e. The molecule has 2 aromatic carbocycles. The molecule has 2 aliphatic rings. The average Bonchev–Trinajstić information content (AvgIpc) is 3.13. The minimum absolute atomic E-state index is 0.0506. The van der Waals surface area contributed by atoms with Gasteiger partial charge in [-0.05, 0) is 87.0 Å². The first-order valence-electron chi connectivity index (χ1n) is 11.8. The summed E-state index contributed by atoms with van der Waals surface area (Å²) < 4.78 is 15.9. The van der Waals surface area contributed by atoms with Crippen molar-refractivity contribution in [2.45, 2.75) is 39.2 Å². The summed E-state index contributed by atoms with van der Waals surface area (Å²) in [5.74, 6) is 1.88. The third-order valence-electron chi connectivity index (χ3n) is 6.88. The molecule has 4 rings (SSSR count). The number of Topliss-reactive ketones (excluding diaryl/α,β-unsaturated/α-hetero) is 1. The maximum atomic E-state index is 13.0. The monoisotopic (exact) mass is 451 g/mol. The van der Waals surface area contributed by atoms with Crippen molar-refractivity contribution in [3.63, 3.8) is 0 Å². The molecule has 1 saturated heterocycles. The number of carbonyl (C=O) groups excluding carboxylic acids is 2. The molecule has 0 bridgehead atoms. The summed E-state index contributed by atoms with van der Waals surface area (Å²) in [5, 5.41) is 0. The summed E-state index contributed by atoms with van der Waals surface area (Å²) >= 11 is 0. The molecule has 0 aromatic heterocycles. The molecule has 0 spiro atoms. The Kier molecular flexibility index (Phi) is 7.33. The second kappa shape index (κ2) is 10.4. The van der Waals surface area contributed by atoms with Gasteiger partial charge in [0.1, 0.15) is 0 Å². The first kappa shape index (κ1) is 23.3. The zero-order valence-corrected chi connectivity index (χ0v) is 19.8. The van der Waals surface area contributed by atoms with E-state index in [9.17, 15) is 9.59 Å². The Morgan fingerprint density at radius 3 is 2.48 bits per heavy atom. The Hall–Kier alpha value is -2.86. The first-order valence-corrected chi connectivity index (χ1v) is 11.8. The van der Waals surface area contributed by atoms with Crippen LogP contribution in [0.1, 0.15) is 58.0 Å². The number of methoxy groups -OCH3 is 2. The molecule has 176 valence electrons. The molecular weight excluding hydrogens is 418 g/mol. The van der Waals surface area contributed by atoms with Crippen LogP contribution in [0.4, 0.5) is 0 Å². The van der Waals surface area contributed by atoms with E-state index in [1.54, 1.807) is 20.3 Å². The lowest BCUT2D eigenvalue weighted by Crippen LogP contribution is -2.34. The topological polar surface area (TPSA) is 65.1 Å². The second-order valence-corrected chi connectivity index (χ2v) is 9.01. The van der Waals surface area contributed by atoms with E-state index in [1.165, 1.54) is 0 Å². The number of carbonyl (C=O) groups is 2. The normalized spacial score (nSPS) is 18.8. The number of fused-ring (bicyclic) bond motifs is 1. The molecule has 0 saturated carbocycles. The number of hydrogen-bond donors (Lipinski definition) is 0. The molecule has 2 aromatic rings. The molecule has 1 heterocycles. The van der Waals surface area contributed by atoms with Gasteiger partial charge in [-0.3, -0.25) is 9.69 Å². The van der Waals surface area contributed by atoms with Crippen molar-refractivity contribution in [1.82, 2.24) is 4.90 Å². The van der Waals surface area contributed by atoms with E-state index in [4.69, 9.17) is 14.2 Å². The van der Waals surface area contributed by atoms with Gasteiger partial charge in [-0.15, -0.1) is 0 Å². The number of ether oxygens (including phenoxy) is 3. The van der Waals surface area contributed by atoms with E-state index in [2.05, 4.69) is 11.0 Å². The SMILES string of the molecule is CCOC(=O)c1cccc(CN2CCC(CC3Cc4cc(OC)c(OC)cc4C3=O)CC2)c1. The van der Waals surface area contributed by atoms with Gasteiger partial charge in [-0.1, -0.05) is 12.1 Å². The molecular formula is C27H33NO5. The van der Waals surface area contributed by atoms with Gasteiger partial charge in [-0.2, -0.15) is 0 Å². The number of esters is 1. The summed E-state index contributed by atoms with van der Waals surface area (Å²) in [6.45, 7) is 5.03. The number of ketones is 1. The maximum Gasteiger partial charge on any atom is 0.338 e. The zero-order chi connectivity index (χ0) is 23.4. The highest BCUT2D eigenvalue weighted by Crippen LogP contribution is 2.39. The molecule has 0 radical (unpaired) electrons. The highest BCUT2D eigenvalue weighted by atomic mass is 16.5. The van der Waals surface area contributed by atoms with Crippen molar-refractivity contribution in [3.8, 4) is 11.5 Å². The van der Waals surface area contributed by atoms with E-state index in [0.29, 0.717) is 29.6 Å². The van der Waals surface area contributed by atoms with Crippen LogP contribution in [0.3, 0.4) is 0 Å². The van der Waals surface area contributed by atoms with Crippen LogP contribution >= 0.6 is 0 Å². The van der Waals surface area contributed by atoms with Crippen LogP contribution in [0, 0.1) is 11.8 Å². The fraction of sp³-hybridized carbons (Fsp3) is 0.481. The van der Waals surface area contributed by atoms with E-state index in [-0.39, 0.29) is 17.7 Å². The van der Waals surface area contributed by atoms with Crippen molar-refractivity contribution >= 4 is 11.8 Å². The fourth-order valence-electron chi connectivity index (χ4n) is 5.14. The summed E-state index contributed by atoms with van der Waals surface area (Å²) in [6.07, 6.45) is 3.90. The standard InChI is InChI=1S/C27H33NO5/c1-4-33-27(30)20-7-5-6-19(13-20)17-28-10-8-18(9-11-28)12-22-14-21-15-24(31-2)25(32-3)16-23(21)26(22)29/h5-7,13,15-16,18,22H,4,8-12,14,17H2,1-3H3. The van der Waals surface area contributed by atoms with Gasteiger partial charge in [0.05, 0.1) is 26.4 Å². The molecule has 1 aliphatic heterocycles. The third kappa shape index (κ3) is 5.22. The van der Waals surface area contributed by atoms with Gasteiger partial charge in [0.15, 0.2) is 17.3 Å². The molecule has 0 amide bonds. The van der Waals surface area contributed by atoms with Crippen LogP contribution in [0.5, 0.6) is 11.5 Å². The molecule has 1 unspecified atom stereocenters. The summed E-state index contributed by atoms with van der Waals surface area (Å²) in [7, 11) is 3.22. The van der Waals surface area contributed by atoms with Gasteiger partial charge in [0.25, 0.3) is 0 Å². The van der Waals surface area contributed by atoms with E-state index in [0.717, 1.165) is 62.0 Å². The maximum absolute atomic E-state index is 13.0. The van der Waals surface area contributed by atoms with Crippen molar-refractivity contribution < 1.29 is 23.8 Å². The predicted molar refractivity (Wildman–Crippen MR) is 126 cm³/mol. The van der Waals surface area contributed by atoms with Gasteiger partial charge in [0.2, 0.25) is 0 Å². The third-order valence-corrected chi connectivity index (χ3v) is 6.88.